The van der Waals surface area contributed by atoms with Gasteiger partial charge < -0.3 is 4.74 Å². The molecule has 1 rings (SSSR count). The topological polar surface area (TPSA) is 26.3 Å². The summed E-state index contributed by atoms with van der Waals surface area (Å²) in [7, 11) is 0. The second kappa shape index (κ2) is 4.97. The van der Waals surface area contributed by atoms with Gasteiger partial charge in [0.2, 0.25) is 0 Å². The molecule has 1 aliphatic heterocycles. The first-order valence-corrected chi connectivity index (χ1v) is 4.64. The maximum absolute atomic E-state index is 10.6. The summed E-state index contributed by atoms with van der Waals surface area (Å²) in [5.74, 6) is 0.599. The van der Waals surface area contributed by atoms with Gasteiger partial charge in [-0.2, -0.15) is 0 Å². The highest BCUT2D eigenvalue weighted by Crippen LogP contribution is 2.22. The van der Waals surface area contributed by atoms with Crippen molar-refractivity contribution in [3.05, 3.63) is 23.8 Å². The van der Waals surface area contributed by atoms with Gasteiger partial charge >= 0.3 is 0 Å². The highest BCUT2D eigenvalue weighted by Gasteiger charge is 2.19. The van der Waals surface area contributed by atoms with Crippen molar-refractivity contribution >= 4 is 5.78 Å². The molecule has 0 amide bonds. The Morgan fingerprint density at radius 3 is 3.08 bits per heavy atom. The quantitative estimate of drug-likeness (QED) is 0.491. The van der Waals surface area contributed by atoms with Crippen molar-refractivity contribution in [2.45, 2.75) is 20.3 Å². The van der Waals surface area contributed by atoms with E-state index < -0.39 is 0 Å². The fraction of sp³-hybridized carbons (Fsp3) is 0.545. The summed E-state index contributed by atoms with van der Waals surface area (Å²) in [6.45, 7) is 5.15. The summed E-state index contributed by atoms with van der Waals surface area (Å²) in [5.41, 5.74) is 1.35. The van der Waals surface area contributed by atoms with E-state index >= 15 is 0 Å². The predicted octanol–water partition coefficient (Wildman–Crippen LogP) is 2.11. The smallest absolute Gasteiger partial charge is 0.152 e. The van der Waals surface area contributed by atoms with Crippen LogP contribution in [0.1, 0.15) is 20.3 Å². The van der Waals surface area contributed by atoms with Crippen LogP contribution in [-0.2, 0) is 9.53 Å². The van der Waals surface area contributed by atoms with Crippen LogP contribution >= 0.6 is 0 Å². The van der Waals surface area contributed by atoms with Crippen molar-refractivity contribution in [1.29, 1.82) is 0 Å². The predicted molar refractivity (Wildman–Crippen MR) is 52.5 cm³/mol. The van der Waals surface area contributed by atoms with Crippen LogP contribution in [0.4, 0.5) is 0 Å². The van der Waals surface area contributed by atoms with Gasteiger partial charge in [-0.15, -0.1) is 0 Å². The van der Waals surface area contributed by atoms with Crippen LogP contribution in [0.3, 0.4) is 0 Å². The van der Waals surface area contributed by atoms with E-state index in [9.17, 15) is 4.79 Å². The molecule has 2 nitrogen and oxygen atoms in total. The summed E-state index contributed by atoms with van der Waals surface area (Å²) < 4.78 is 5.33. The second-order valence-electron chi connectivity index (χ2n) is 3.32. The van der Waals surface area contributed by atoms with E-state index in [4.69, 9.17) is 4.74 Å². The lowest BCUT2D eigenvalue weighted by atomic mass is 9.99. The van der Waals surface area contributed by atoms with Gasteiger partial charge in [0.25, 0.3) is 0 Å². The average Bonchev–Trinajstić information content (AvgIpc) is 2.51. The van der Waals surface area contributed by atoms with Gasteiger partial charge in [0.15, 0.2) is 5.78 Å². The molecule has 1 fully saturated rings. The summed E-state index contributed by atoms with van der Waals surface area (Å²) in [4.78, 5) is 10.6. The van der Waals surface area contributed by atoms with Gasteiger partial charge in [-0.25, -0.2) is 0 Å². The first-order valence-electron chi connectivity index (χ1n) is 4.64. The molecular formula is C11H16O2. The molecule has 72 valence electrons. The van der Waals surface area contributed by atoms with Crippen LogP contribution in [0.5, 0.6) is 0 Å². The van der Waals surface area contributed by atoms with Crippen LogP contribution in [0.15, 0.2) is 23.8 Å². The largest absolute Gasteiger partial charge is 0.376 e. The molecule has 0 aliphatic carbocycles. The van der Waals surface area contributed by atoms with Crippen molar-refractivity contribution in [3.63, 3.8) is 0 Å². The van der Waals surface area contributed by atoms with Crippen molar-refractivity contribution < 1.29 is 9.53 Å². The molecule has 0 bridgehead atoms. The lowest BCUT2D eigenvalue weighted by molar-refractivity contribution is -0.112. The Labute approximate surface area is 79.3 Å². The van der Waals surface area contributed by atoms with Gasteiger partial charge in [-0.05, 0) is 31.9 Å². The highest BCUT2D eigenvalue weighted by atomic mass is 16.5. The molecule has 13 heavy (non-hydrogen) atoms. The normalized spacial score (nSPS) is 26.0. The molecule has 2 heteroatoms. The molecule has 0 unspecified atom stereocenters. The second-order valence-corrected chi connectivity index (χ2v) is 3.32. The van der Waals surface area contributed by atoms with E-state index in [1.165, 1.54) is 5.57 Å². The van der Waals surface area contributed by atoms with E-state index in [1.54, 1.807) is 13.0 Å². The minimum atomic E-state index is 0.112. The number of rotatable bonds is 3. The van der Waals surface area contributed by atoms with Crippen molar-refractivity contribution in [2.75, 3.05) is 13.2 Å². The van der Waals surface area contributed by atoms with E-state index in [0.29, 0.717) is 5.92 Å². The molecule has 0 aromatic rings. The van der Waals surface area contributed by atoms with E-state index in [2.05, 4.69) is 6.08 Å². The van der Waals surface area contributed by atoms with Gasteiger partial charge in [-0.1, -0.05) is 12.2 Å². The van der Waals surface area contributed by atoms with Crippen LogP contribution in [0.2, 0.25) is 0 Å². The molecule has 0 radical (unpaired) electrons. The maximum atomic E-state index is 10.6. The summed E-state index contributed by atoms with van der Waals surface area (Å²) in [5, 5.41) is 0. The monoisotopic (exact) mass is 180 g/mol. The number of carbonyl (C=O) groups is 1. The zero-order valence-electron chi connectivity index (χ0n) is 8.25. The Kier molecular flexibility index (Phi) is 3.90. The average molecular weight is 180 g/mol. The van der Waals surface area contributed by atoms with Gasteiger partial charge in [-0.3, -0.25) is 4.79 Å². The standard InChI is InChI=1S/C11H16O2/c1-3-10-7-13-8-11(10)6-4-5-9(2)12/h3-5,11H,6-8H2,1-2H3/b5-4+,10-3+/t11-/m0/s1. The molecular weight excluding hydrogens is 164 g/mol. The van der Waals surface area contributed by atoms with E-state index in [0.717, 1.165) is 19.6 Å². The first-order chi connectivity index (χ1) is 6.24. The summed E-state index contributed by atoms with van der Waals surface area (Å²) in [6.07, 6.45) is 6.59. The van der Waals surface area contributed by atoms with E-state index in [-0.39, 0.29) is 5.78 Å². The van der Waals surface area contributed by atoms with Gasteiger partial charge in [0, 0.05) is 5.92 Å². The molecule has 1 heterocycles. The molecule has 1 atom stereocenters. The molecule has 0 N–H and O–H groups in total. The van der Waals surface area contributed by atoms with Crippen LogP contribution < -0.4 is 0 Å². The summed E-state index contributed by atoms with van der Waals surface area (Å²) in [6, 6.07) is 0. The van der Waals surface area contributed by atoms with E-state index in [1.807, 2.05) is 13.0 Å². The lowest BCUT2D eigenvalue weighted by Crippen LogP contribution is -2.00. The SMILES string of the molecule is C/C=C1\COC[C@@H]1C/C=C/C(C)=O. The number of allylic oxidation sites excluding steroid dienone is 3. The molecule has 1 aliphatic rings. The van der Waals surface area contributed by atoms with Crippen molar-refractivity contribution in [2.24, 2.45) is 5.92 Å². The molecule has 0 aromatic heterocycles. The Balaban J connectivity index is 2.41. The summed E-state index contributed by atoms with van der Waals surface area (Å²) >= 11 is 0. The molecule has 0 spiro atoms. The molecule has 0 aromatic carbocycles. The van der Waals surface area contributed by atoms with Crippen LogP contribution in [0, 0.1) is 5.92 Å². The Bertz CT molecular complexity index is 238. The number of carbonyl (C=O) groups excluding carboxylic acids is 1. The number of ketones is 1. The minimum Gasteiger partial charge on any atom is -0.376 e. The zero-order valence-corrected chi connectivity index (χ0v) is 8.25. The van der Waals surface area contributed by atoms with Crippen molar-refractivity contribution in [1.82, 2.24) is 0 Å². The third-order valence-electron chi connectivity index (χ3n) is 2.26. The number of hydrogen-bond acceptors (Lipinski definition) is 2. The zero-order chi connectivity index (χ0) is 9.68. The fourth-order valence-electron chi connectivity index (χ4n) is 1.48. The third-order valence-corrected chi connectivity index (χ3v) is 2.26. The van der Waals surface area contributed by atoms with Crippen LogP contribution in [0.25, 0.3) is 0 Å². The van der Waals surface area contributed by atoms with Gasteiger partial charge in [0.1, 0.15) is 0 Å². The Morgan fingerprint density at radius 2 is 2.46 bits per heavy atom. The Morgan fingerprint density at radius 1 is 1.69 bits per heavy atom. The number of hydrogen-bond donors (Lipinski definition) is 0. The molecule has 1 saturated heterocycles. The fourth-order valence-corrected chi connectivity index (χ4v) is 1.48. The molecule has 0 saturated carbocycles. The van der Waals surface area contributed by atoms with Crippen LogP contribution in [-0.4, -0.2) is 19.0 Å². The minimum absolute atomic E-state index is 0.112. The Hall–Kier alpha value is -0.890. The van der Waals surface area contributed by atoms with Gasteiger partial charge in [0.05, 0.1) is 13.2 Å². The maximum Gasteiger partial charge on any atom is 0.152 e. The number of ether oxygens (including phenoxy) is 1. The van der Waals surface area contributed by atoms with Crippen molar-refractivity contribution in [3.8, 4) is 0 Å². The third kappa shape index (κ3) is 3.15. The first kappa shape index (κ1) is 10.2. The highest BCUT2D eigenvalue weighted by molar-refractivity contribution is 5.87. The lowest BCUT2D eigenvalue weighted by Gasteiger charge is -2.04.